The lowest BCUT2D eigenvalue weighted by Gasteiger charge is -2.31. The third-order valence-corrected chi connectivity index (χ3v) is 20.4. The average molecular weight is 1590 g/mol. The van der Waals surface area contributed by atoms with E-state index in [2.05, 4.69) is 73.1 Å². The molecule has 4 fully saturated rings. The van der Waals surface area contributed by atoms with Gasteiger partial charge in [-0.1, -0.05) is 88.2 Å². The molecule has 0 radical (unpaired) electrons. The lowest BCUT2D eigenvalue weighted by atomic mass is 9.95. The molecule has 1 aromatic heterocycles. The van der Waals surface area contributed by atoms with Gasteiger partial charge in [-0.15, -0.1) is 0 Å². The number of likely N-dealkylation sites (tertiary alicyclic amines) is 3. The number of aliphatic carboxylic acids is 1. The number of nitrogens with one attached hydrogen (secondary N) is 11. The van der Waals surface area contributed by atoms with Gasteiger partial charge in [-0.05, 0) is 132 Å². The van der Waals surface area contributed by atoms with E-state index in [-0.39, 0.29) is 153 Å². The third kappa shape index (κ3) is 27.2. The number of aliphatic hydroxyl groups is 1. The maximum absolute atomic E-state index is 14.6. The zero-order valence-electron chi connectivity index (χ0n) is 65.0. The number of aliphatic hydroxyl groups excluding tert-OH is 1. The predicted octanol–water partition coefficient (Wildman–Crippen LogP) is -3.34. The number of aromatic nitrogens is 2. The van der Waals surface area contributed by atoms with Gasteiger partial charge < -0.3 is 112 Å². The highest BCUT2D eigenvalue weighted by molar-refractivity contribution is 6.00. The number of amides is 13. The van der Waals surface area contributed by atoms with E-state index in [9.17, 15) is 77.3 Å². The summed E-state index contributed by atoms with van der Waals surface area (Å²) in [4.78, 5) is 215. The fraction of sp³-hybridized carbons (Fsp3) is 0.592. The van der Waals surface area contributed by atoms with Crippen LogP contribution in [0.2, 0.25) is 0 Å². The summed E-state index contributed by atoms with van der Waals surface area (Å²) in [6.07, 6.45) is 6.85. The lowest BCUT2D eigenvalue weighted by Crippen LogP contribution is -2.61. The number of guanidine groups is 2. The van der Waals surface area contributed by atoms with Crippen LogP contribution in [0.3, 0.4) is 0 Å². The van der Waals surface area contributed by atoms with Gasteiger partial charge in [0.05, 0.1) is 19.5 Å². The van der Waals surface area contributed by atoms with Crippen LogP contribution < -0.4 is 81.8 Å². The molecule has 0 saturated carbocycles. The van der Waals surface area contributed by atoms with E-state index in [0.29, 0.717) is 56.2 Å². The maximum atomic E-state index is 14.6. The molecule has 114 heavy (non-hydrogen) atoms. The Kier molecular flexibility index (Phi) is 35.8. The van der Waals surface area contributed by atoms with Crippen LogP contribution in [0.15, 0.2) is 77.1 Å². The summed E-state index contributed by atoms with van der Waals surface area (Å²) in [6.45, 7) is 4.47. The van der Waals surface area contributed by atoms with Crippen LogP contribution in [0.1, 0.15) is 154 Å². The molecule has 4 saturated heterocycles. The summed E-state index contributed by atoms with van der Waals surface area (Å²) in [5.41, 5.74) is 30.7. The maximum Gasteiger partial charge on any atom is 0.326 e. The van der Waals surface area contributed by atoms with E-state index in [1.54, 1.807) is 26.0 Å². The molecule has 0 bridgehead atoms. The van der Waals surface area contributed by atoms with Gasteiger partial charge in [0.2, 0.25) is 76.8 Å². The van der Waals surface area contributed by atoms with E-state index < -0.39 is 163 Å². The molecular formula is C76H114N22O16. The Labute approximate surface area is 661 Å². The van der Waals surface area contributed by atoms with E-state index >= 15 is 0 Å². The van der Waals surface area contributed by atoms with Crippen molar-refractivity contribution in [2.24, 2.45) is 44.6 Å². The molecule has 5 heterocycles. The SMILES string of the molecule is CCCC[C@H](NC(=O)[C@@H]1CCCN1C(=O)CNC(=O)[C@H](CCCCN)NC(=O)[C@H](Cc1cnc[nH]1)NC(=O)[C@H](CO)NC(=O)[C@H](CC(C)C)NC(=O)[C@H](CCCN=C(N)N)NC(=O)[C@@H]1CCCN1C(=O)[C@H](CCCN=C(N)N)NC(=O)[C@@H]1CCC(=O)N1)C(=O)N1CCC[C@H]1C(=O)N[C@H](Cc1ccccc1-c1ccccc1)C(=O)O. The Morgan fingerprint density at radius 3 is 1.60 bits per heavy atom. The molecule has 13 amide bonds. The minimum Gasteiger partial charge on any atom is -0.480 e. The van der Waals surface area contributed by atoms with Gasteiger partial charge in [0, 0.05) is 63.9 Å². The predicted molar refractivity (Wildman–Crippen MR) is 418 cm³/mol. The number of unbranched alkanes of at least 4 members (excludes halogenated alkanes) is 2. The number of carbonyl (C=O) groups excluding carboxylic acids is 13. The van der Waals surface area contributed by atoms with Crippen LogP contribution in [0, 0.1) is 5.92 Å². The number of carbonyl (C=O) groups is 14. The summed E-state index contributed by atoms with van der Waals surface area (Å²) in [7, 11) is 0. The largest absolute Gasteiger partial charge is 0.480 e. The Balaban J connectivity index is 0.983. The standard InChI is InChI=1S/C76H114N22O16/c1-4-5-22-52(72(111)98-36-17-28-60(98)71(110)94-56(74(113)114)38-46-20-9-10-21-48(46)45-18-7-6-8-19-45)91-69(108)58-26-15-34-96(58)62(101)41-85-63(102)49(23-11-12-31-77)88-67(106)55(39-47-40-82-43-86-47)93-68(107)57(42-99)95-66(105)54(37-44(2)3)92-64(103)50(24-13-32-83-75(78)79)89-70(109)59-27-16-35-97(59)73(112)53(25-14-33-84-76(80)81)90-65(104)51-29-30-61(100)87-51/h6-10,18-21,40,43-44,49-60,99H,4-5,11-17,22-39,41-42,77H2,1-3H3,(H,82,86)(H,85,102)(H,87,100)(H,88,106)(H,89,109)(H,90,104)(H,91,108)(H,92,103)(H,93,107)(H,94,110)(H,95,105)(H,113,114)(H4,78,79,83)(H4,80,81,84)/t49-,50-,51-,52-,53-,54-,55-,56+,57-,58-,59-,60-/m0/s1. The first-order valence-electron chi connectivity index (χ1n) is 39.3. The van der Waals surface area contributed by atoms with Crippen molar-refractivity contribution in [3.8, 4) is 11.1 Å². The van der Waals surface area contributed by atoms with Gasteiger partial charge in [-0.3, -0.25) is 72.3 Å². The average Bonchev–Trinajstić information content (AvgIpc) is 1.62. The van der Waals surface area contributed by atoms with Gasteiger partial charge in [-0.2, -0.15) is 0 Å². The van der Waals surface area contributed by atoms with Crippen molar-refractivity contribution in [1.82, 2.24) is 77.8 Å². The molecule has 23 N–H and O–H groups in total. The Hall–Kier alpha value is -11.3. The highest BCUT2D eigenvalue weighted by Crippen LogP contribution is 2.28. The summed E-state index contributed by atoms with van der Waals surface area (Å²) in [6, 6.07) is 1.51. The number of benzene rings is 2. The van der Waals surface area contributed by atoms with Crippen molar-refractivity contribution in [3.63, 3.8) is 0 Å². The number of imidazole rings is 1. The number of aliphatic imine (C=N–C) groups is 2. The molecule has 2 aromatic carbocycles. The van der Waals surface area contributed by atoms with Crippen molar-refractivity contribution in [3.05, 3.63) is 78.4 Å². The van der Waals surface area contributed by atoms with E-state index in [0.717, 1.165) is 11.1 Å². The van der Waals surface area contributed by atoms with Crippen molar-refractivity contribution in [1.29, 1.82) is 0 Å². The number of carboxylic acids is 1. The first-order valence-corrected chi connectivity index (χ1v) is 39.3. The zero-order valence-corrected chi connectivity index (χ0v) is 65.0. The zero-order chi connectivity index (χ0) is 83.0. The number of H-pyrrole nitrogens is 1. The molecule has 624 valence electrons. The topological polar surface area (TPSA) is 593 Å². The number of hydrogen-bond acceptors (Lipinski definition) is 19. The number of rotatable bonds is 45. The molecule has 3 aromatic rings. The molecule has 38 heteroatoms. The number of aromatic amines is 1. The van der Waals surface area contributed by atoms with Crippen LogP contribution in [-0.4, -0.2) is 254 Å². The summed E-state index contributed by atoms with van der Waals surface area (Å²) in [5.74, 6) is -11.4. The summed E-state index contributed by atoms with van der Waals surface area (Å²) in [5, 5.41) is 47.7. The molecule has 4 aliphatic heterocycles. The van der Waals surface area contributed by atoms with E-state index in [4.69, 9.17) is 28.7 Å². The van der Waals surface area contributed by atoms with Gasteiger partial charge in [0.1, 0.15) is 72.5 Å². The molecule has 38 nitrogen and oxygen atoms in total. The van der Waals surface area contributed by atoms with Crippen LogP contribution in [-0.2, 0) is 80.0 Å². The van der Waals surface area contributed by atoms with Crippen molar-refractivity contribution in [2.45, 2.75) is 228 Å². The minimum atomic E-state index is -1.77. The molecular weight excluding hydrogens is 1480 g/mol. The van der Waals surface area contributed by atoms with Crippen molar-refractivity contribution < 1.29 is 77.3 Å². The summed E-state index contributed by atoms with van der Waals surface area (Å²) >= 11 is 0. The Morgan fingerprint density at radius 2 is 1.04 bits per heavy atom. The second-order valence-corrected chi connectivity index (χ2v) is 29.5. The lowest BCUT2D eigenvalue weighted by molar-refractivity contribution is -0.145. The normalized spacial score (nSPS) is 18.6. The number of hydrogen-bond donors (Lipinski definition) is 18. The van der Waals surface area contributed by atoms with Gasteiger partial charge >= 0.3 is 5.97 Å². The Morgan fingerprint density at radius 1 is 0.553 bits per heavy atom. The smallest absolute Gasteiger partial charge is 0.326 e. The van der Waals surface area contributed by atoms with Crippen LogP contribution >= 0.6 is 0 Å². The first-order chi connectivity index (χ1) is 54.6. The fourth-order valence-electron chi connectivity index (χ4n) is 14.4. The molecule has 7 rings (SSSR count). The Bertz CT molecular complexity index is 3860. The van der Waals surface area contributed by atoms with Crippen LogP contribution in [0.25, 0.3) is 11.1 Å². The van der Waals surface area contributed by atoms with Crippen molar-refractivity contribution >= 4 is 94.7 Å². The third-order valence-electron chi connectivity index (χ3n) is 20.4. The van der Waals surface area contributed by atoms with E-state index in [1.807, 2.05) is 49.4 Å². The quantitative estimate of drug-likeness (QED) is 0.0149. The highest BCUT2D eigenvalue weighted by atomic mass is 16.4. The van der Waals surface area contributed by atoms with Crippen molar-refractivity contribution in [2.75, 3.05) is 52.4 Å². The molecule has 4 aliphatic rings. The van der Waals surface area contributed by atoms with Gasteiger partial charge in [0.15, 0.2) is 11.9 Å². The number of nitrogens with zero attached hydrogens (tertiary/aromatic N) is 6. The number of carboxylic acid groups (broad SMARTS) is 1. The van der Waals surface area contributed by atoms with Gasteiger partial charge in [0.25, 0.3) is 0 Å². The molecule has 12 atom stereocenters. The van der Waals surface area contributed by atoms with Crippen LogP contribution in [0.4, 0.5) is 0 Å². The van der Waals surface area contributed by atoms with Gasteiger partial charge in [-0.25, -0.2) is 9.78 Å². The van der Waals surface area contributed by atoms with Crippen LogP contribution in [0.5, 0.6) is 0 Å². The molecule has 0 aliphatic carbocycles. The minimum absolute atomic E-state index is 0.00852. The second kappa shape index (κ2) is 45.4. The highest BCUT2D eigenvalue weighted by Gasteiger charge is 2.44. The molecule has 0 spiro atoms. The monoisotopic (exact) mass is 1590 g/mol. The van der Waals surface area contributed by atoms with E-state index in [1.165, 1.54) is 27.2 Å². The molecule has 0 unspecified atom stereocenters. The fourth-order valence-corrected chi connectivity index (χ4v) is 14.4. The number of nitrogens with two attached hydrogens (primary N) is 5. The second-order valence-electron chi connectivity index (χ2n) is 29.5. The summed E-state index contributed by atoms with van der Waals surface area (Å²) < 4.78 is 0. The first kappa shape index (κ1) is 89.9.